The molecule has 1 saturated carbocycles. The van der Waals surface area contributed by atoms with Gasteiger partial charge in [-0.05, 0) is 44.2 Å². The van der Waals surface area contributed by atoms with Crippen LogP contribution >= 0.6 is 0 Å². The molecule has 0 spiro atoms. The van der Waals surface area contributed by atoms with E-state index in [2.05, 4.69) is 38.8 Å². The second kappa shape index (κ2) is 8.12. The average molecular weight is 448 g/mol. The van der Waals surface area contributed by atoms with Gasteiger partial charge in [-0.25, -0.2) is 9.97 Å². The minimum atomic E-state index is -0.122. The maximum Gasteiger partial charge on any atom is 0.273 e. The summed E-state index contributed by atoms with van der Waals surface area (Å²) in [4.78, 5) is 39.8. The Morgan fingerprint density at radius 2 is 1.76 bits per heavy atom. The number of anilines is 1. The summed E-state index contributed by atoms with van der Waals surface area (Å²) >= 11 is 0. The van der Waals surface area contributed by atoms with Gasteiger partial charge in [0.25, 0.3) is 5.91 Å². The normalized spacial score (nSPS) is 30.8. The lowest BCUT2D eigenvalue weighted by atomic mass is 9.69. The van der Waals surface area contributed by atoms with E-state index in [9.17, 15) is 9.59 Å². The molecule has 2 N–H and O–H groups in total. The molecular formula is C26H33N5O2. The van der Waals surface area contributed by atoms with Gasteiger partial charge in [0.05, 0.1) is 12.1 Å². The molecule has 3 aliphatic rings. The molecule has 3 fully saturated rings. The third-order valence-corrected chi connectivity index (χ3v) is 8.18. The van der Waals surface area contributed by atoms with E-state index < -0.39 is 0 Å². The number of benzene rings is 1. The number of rotatable bonds is 3. The Kier molecular flexibility index (Phi) is 5.38. The molecule has 5 rings (SSSR count). The average Bonchev–Trinajstić information content (AvgIpc) is 2.91. The van der Waals surface area contributed by atoms with E-state index in [0.29, 0.717) is 11.4 Å². The molecular weight excluding hydrogens is 414 g/mol. The van der Waals surface area contributed by atoms with Crippen LogP contribution in [0.3, 0.4) is 0 Å². The van der Waals surface area contributed by atoms with Crippen molar-refractivity contribution in [2.75, 3.05) is 5.73 Å². The van der Waals surface area contributed by atoms with Crippen molar-refractivity contribution in [2.45, 2.75) is 83.5 Å². The van der Waals surface area contributed by atoms with Crippen molar-refractivity contribution < 1.29 is 9.59 Å². The minimum Gasteiger partial charge on any atom is -0.368 e. The summed E-state index contributed by atoms with van der Waals surface area (Å²) in [5.74, 6) is 0.139. The first-order chi connectivity index (χ1) is 15.8. The summed E-state index contributed by atoms with van der Waals surface area (Å²) in [6.45, 7) is 5.81. The number of nitrogen functional groups attached to an aromatic ring is 1. The Balaban J connectivity index is 1.62. The Morgan fingerprint density at radius 3 is 2.39 bits per heavy atom. The SMILES string of the molecule is CC(=O)N1[C@H](Cc2ccccc2)[C@@H]2C[C@@]3(C)[C@H](CCCC[C@@H]13)N2C(=O)c1cc(C)nc(N)n1. The molecule has 1 aromatic carbocycles. The van der Waals surface area contributed by atoms with E-state index in [0.717, 1.165) is 38.5 Å². The largest absolute Gasteiger partial charge is 0.368 e. The molecule has 2 amide bonds. The van der Waals surface area contributed by atoms with E-state index in [-0.39, 0.29) is 47.3 Å². The van der Waals surface area contributed by atoms with Crippen LogP contribution in [0.25, 0.3) is 0 Å². The van der Waals surface area contributed by atoms with Crippen molar-refractivity contribution in [3.05, 3.63) is 53.3 Å². The van der Waals surface area contributed by atoms with Crippen LogP contribution in [0.2, 0.25) is 0 Å². The maximum absolute atomic E-state index is 14.0. The second-order valence-electron chi connectivity index (χ2n) is 10.2. The monoisotopic (exact) mass is 447 g/mol. The van der Waals surface area contributed by atoms with Crippen molar-refractivity contribution in [3.8, 4) is 0 Å². The molecule has 2 saturated heterocycles. The van der Waals surface area contributed by atoms with Gasteiger partial charge in [0.15, 0.2) is 0 Å². The van der Waals surface area contributed by atoms with Gasteiger partial charge in [-0.2, -0.15) is 0 Å². The molecule has 1 aliphatic carbocycles. The molecule has 2 aliphatic heterocycles. The summed E-state index contributed by atoms with van der Waals surface area (Å²) in [6, 6.07) is 12.1. The minimum absolute atomic E-state index is 0.0533. The molecule has 33 heavy (non-hydrogen) atoms. The Hall–Kier alpha value is -2.96. The van der Waals surface area contributed by atoms with Crippen molar-refractivity contribution in [3.63, 3.8) is 0 Å². The Labute approximate surface area is 195 Å². The number of carbonyl (C=O) groups is 2. The number of hydrogen-bond acceptors (Lipinski definition) is 5. The predicted octanol–water partition coefficient (Wildman–Crippen LogP) is 3.37. The van der Waals surface area contributed by atoms with Crippen LogP contribution in [0.1, 0.15) is 67.7 Å². The van der Waals surface area contributed by atoms with Crippen LogP contribution in [0.5, 0.6) is 0 Å². The number of hydrogen-bond donors (Lipinski definition) is 1. The van der Waals surface area contributed by atoms with Crippen molar-refractivity contribution in [1.29, 1.82) is 0 Å². The zero-order valence-corrected chi connectivity index (χ0v) is 19.7. The number of nitrogens with zero attached hydrogens (tertiary/aromatic N) is 4. The Bertz CT molecular complexity index is 1050. The molecule has 2 bridgehead atoms. The van der Waals surface area contributed by atoms with Gasteiger partial charge in [0, 0.05) is 30.1 Å². The first-order valence-corrected chi connectivity index (χ1v) is 12.1. The van der Waals surface area contributed by atoms with Crippen LogP contribution in [0.4, 0.5) is 5.95 Å². The zero-order valence-electron chi connectivity index (χ0n) is 19.7. The van der Waals surface area contributed by atoms with Gasteiger partial charge >= 0.3 is 0 Å². The van der Waals surface area contributed by atoms with E-state index in [1.807, 2.05) is 25.1 Å². The highest BCUT2D eigenvalue weighted by atomic mass is 16.2. The zero-order chi connectivity index (χ0) is 23.3. The smallest absolute Gasteiger partial charge is 0.273 e. The van der Waals surface area contributed by atoms with Gasteiger partial charge in [-0.3, -0.25) is 9.59 Å². The molecule has 5 atom stereocenters. The van der Waals surface area contributed by atoms with Crippen LogP contribution < -0.4 is 5.73 Å². The molecule has 1 aromatic heterocycles. The van der Waals surface area contributed by atoms with E-state index in [4.69, 9.17) is 5.73 Å². The fraction of sp³-hybridized carbons (Fsp3) is 0.538. The lowest BCUT2D eigenvalue weighted by molar-refractivity contribution is -0.141. The van der Waals surface area contributed by atoms with Gasteiger partial charge in [0.1, 0.15) is 5.69 Å². The van der Waals surface area contributed by atoms with Gasteiger partial charge in [-0.15, -0.1) is 0 Å². The quantitative estimate of drug-likeness (QED) is 0.779. The molecule has 7 nitrogen and oxygen atoms in total. The number of carbonyl (C=O) groups excluding carboxylic acids is 2. The van der Waals surface area contributed by atoms with Crippen molar-refractivity contribution in [2.24, 2.45) is 5.41 Å². The van der Waals surface area contributed by atoms with E-state index in [1.165, 1.54) is 5.56 Å². The molecule has 174 valence electrons. The summed E-state index contributed by atoms with van der Waals surface area (Å²) in [7, 11) is 0. The van der Waals surface area contributed by atoms with Crippen molar-refractivity contribution in [1.82, 2.24) is 19.8 Å². The standard InChI is InChI=1S/C26H33N5O2/c1-16-13-19(29-25(27)28-16)24(33)31-21-15-26(3)22(11-7-8-12-23(26)31)30(17(2)32)20(21)14-18-9-5-4-6-10-18/h4-6,9-10,13,20-23H,7-8,11-12,14-15H2,1-3H3,(H2,27,28,29)/t20-,21+,22-,23+,26-/m1/s1. The second-order valence-corrected chi connectivity index (χ2v) is 10.2. The van der Waals surface area contributed by atoms with Crippen LogP contribution in [-0.2, 0) is 11.2 Å². The highest BCUT2D eigenvalue weighted by Gasteiger charge is 2.63. The van der Waals surface area contributed by atoms with Crippen LogP contribution in [0, 0.1) is 12.3 Å². The summed E-state index contributed by atoms with van der Waals surface area (Å²) in [5.41, 5.74) is 8.00. The van der Waals surface area contributed by atoms with Gasteiger partial charge < -0.3 is 15.5 Å². The van der Waals surface area contributed by atoms with Gasteiger partial charge in [0.2, 0.25) is 11.9 Å². The third-order valence-electron chi connectivity index (χ3n) is 8.18. The highest BCUT2D eigenvalue weighted by molar-refractivity contribution is 5.93. The highest BCUT2D eigenvalue weighted by Crippen LogP contribution is 2.55. The summed E-state index contributed by atoms with van der Waals surface area (Å²) < 4.78 is 0. The topological polar surface area (TPSA) is 92.4 Å². The molecule has 0 unspecified atom stereocenters. The number of piperidine rings is 1. The van der Waals surface area contributed by atoms with E-state index in [1.54, 1.807) is 13.0 Å². The van der Waals surface area contributed by atoms with Crippen molar-refractivity contribution >= 4 is 17.8 Å². The molecule has 0 radical (unpaired) electrons. The fourth-order valence-electron chi connectivity index (χ4n) is 6.93. The van der Waals surface area contributed by atoms with Gasteiger partial charge in [-0.1, -0.05) is 50.1 Å². The molecule has 2 aromatic rings. The van der Waals surface area contributed by atoms with Crippen LogP contribution in [0.15, 0.2) is 36.4 Å². The van der Waals surface area contributed by atoms with E-state index >= 15 is 0 Å². The third kappa shape index (κ3) is 3.58. The molecule has 3 heterocycles. The fourth-order valence-corrected chi connectivity index (χ4v) is 6.93. The predicted molar refractivity (Wildman–Crippen MR) is 126 cm³/mol. The first kappa shape index (κ1) is 21.9. The maximum atomic E-state index is 14.0. The number of fused-ring (bicyclic) bond motifs is 1. The number of aromatic nitrogens is 2. The summed E-state index contributed by atoms with van der Waals surface area (Å²) in [5, 5.41) is 0. The number of aryl methyl sites for hydroxylation is 1. The first-order valence-electron chi connectivity index (χ1n) is 12.1. The molecule has 7 heteroatoms. The number of nitrogens with two attached hydrogens (primary N) is 1. The van der Waals surface area contributed by atoms with Crippen LogP contribution in [-0.4, -0.2) is 55.7 Å². The summed E-state index contributed by atoms with van der Waals surface area (Å²) in [6.07, 6.45) is 5.73. The number of amides is 2. The lowest BCUT2D eigenvalue weighted by Gasteiger charge is -2.50. The Morgan fingerprint density at radius 1 is 1.09 bits per heavy atom. The lowest BCUT2D eigenvalue weighted by Crippen LogP contribution is -2.61. The number of likely N-dealkylation sites (tertiary alicyclic amines) is 2.